The molecule has 0 fully saturated rings. The van der Waals surface area contributed by atoms with E-state index < -0.39 is 6.10 Å². The number of thioether (sulfide) groups is 1. The third kappa shape index (κ3) is 4.55. The van der Waals surface area contributed by atoms with E-state index in [9.17, 15) is 4.79 Å². The topological polar surface area (TPSA) is 74.6 Å². The van der Waals surface area contributed by atoms with Gasteiger partial charge in [0.1, 0.15) is 5.82 Å². The Labute approximate surface area is 174 Å². The lowest BCUT2D eigenvalue weighted by Crippen LogP contribution is -2.24. The van der Waals surface area contributed by atoms with E-state index in [1.165, 1.54) is 7.11 Å². The van der Waals surface area contributed by atoms with Gasteiger partial charge in [-0.3, -0.25) is 4.79 Å². The van der Waals surface area contributed by atoms with Crippen molar-refractivity contribution in [2.45, 2.75) is 11.0 Å². The van der Waals surface area contributed by atoms with Gasteiger partial charge < -0.3 is 19.5 Å². The van der Waals surface area contributed by atoms with E-state index in [1.54, 1.807) is 55.1 Å². The largest absolute Gasteiger partial charge is 0.493 e. The van der Waals surface area contributed by atoms with E-state index in [0.29, 0.717) is 17.3 Å². The summed E-state index contributed by atoms with van der Waals surface area (Å²) in [6.45, 7) is 0. The summed E-state index contributed by atoms with van der Waals surface area (Å²) < 4.78 is 17.7. The number of carbonyl (C=O) groups excluding carboxylic acids is 1. The van der Waals surface area contributed by atoms with Crippen molar-refractivity contribution >= 4 is 23.5 Å². The van der Waals surface area contributed by atoms with Gasteiger partial charge in [0, 0.05) is 24.1 Å². The number of amides is 1. The molecule has 0 saturated carbocycles. The van der Waals surface area contributed by atoms with Crippen LogP contribution in [0, 0.1) is 0 Å². The molecule has 1 aromatic heterocycles. The Morgan fingerprint density at radius 1 is 1.03 bits per heavy atom. The third-order valence-electron chi connectivity index (χ3n) is 4.40. The third-order valence-corrected chi connectivity index (χ3v) is 5.14. The molecule has 1 N–H and O–H groups in total. The first-order valence-corrected chi connectivity index (χ1v) is 10.1. The van der Waals surface area contributed by atoms with Crippen molar-refractivity contribution in [2.24, 2.45) is 0 Å². The highest BCUT2D eigenvalue weighted by Crippen LogP contribution is 2.30. The number of hydrogen-bond acceptors (Lipinski definition) is 6. The van der Waals surface area contributed by atoms with Crippen LogP contribution in [0.15, 0.2) is 59.6 Å². The van der Waals surface area contributed by atoms with Crippen LogP contribution in [0.3, 0.4) is 0 Å². The van der Waals surface area contributed by atoms with Gasteiger partial charge in [-0.1, -0.05) is 12.1 Å². The predicted molar refractivity (Wildman–Crippen MR) is 113 cm³/mol. The van der Waals surface area contributed by atoms with Crippen LogP contribution in [0.2, 0.25) is 0 Å². The van der Waals surface area contributed by atoms with Gasteiger partial charge in [-0.25, -0.2) is 4.68 Å². The summed E-state index contributed by atoms with van der Waals surface area (Å²) in [5.74, 6) is 1.42. The summed E-state index contributed by atoms with van der Waals surface area (Å²) in [7, 11) is 4.66. The van der Waals surface area contributed by atoms with Crippen LogP contribution in [0.1, 0.15) is 11.7 Å². The number of methoxy groups -OCH3 is 3. The molecule has 3 aromatic rings. The summed E-state index contributed by atoms with van der Waals surface area (Å²) >= 11 is 1.64. The first kappa shape index (κ1) is 20.8. The highest BCUT2D eigenvalue weighted by atomic mass is 32.2. The maximum absolute atomic E-state index is 12.9. The lowest BCUT2D eigenvalue weighted by atomic mass is 10.1. The maximum Gasteiger partial charge on any atom is 0.259 e. The fraction of sp³-hybridized carbons (Fsp3) is 0.238. The van der Waals surface area contributed by atoms with Crippen molar-refractivity contribution in [1.29, 1.82) is 0 Å². The number of hydrogen-bond donors (Lipinski definition) is 1. The quantitative estimate of drug-likeness (QED) is 0.564. The minimum Gasteiger partial charge on any atom is -0.493 e. The van der Waals surface area contributed by atoms with E-state index in [1.807, 2.05) is 36.6 Å². The molecule has 8 heteroatoms. The van der Waals surface area contributed by atoms with E-state index in [-0.39, 0.29) is 5.91 Å². The number of nitrogens with zero attached hydrogens (tertiary/aromatic N) is 2. The van der Waals surface area contributed by atoms with Crippen molar-refractivity contribution < 1.29 is 19.0 Å². The van der Waals surface area contributed by atoms with Gasteiger partial charge in [0.25, 0.3) is 5.91 Å². The van der Waals surface area contributed by atoms with Gasteiger partial charge in [-0.15, -0.1) is 11.8 Å². The lowest BCUT2D eigenvalue weighted by molar-refractivity contribution is -0.126. The SMILES string of the molecule is COc1ccc(-n2nccc2NC(=O)C(OC)c2ccc(SC)cc2)cc1OC. The number of nitrogens with one attached hydrogen (secondary N) is 1. The molecule has 0 aliphatic carbocycles. The normalized spacial score (nSPS) is 11.7. The van der Waals surface area contributed by atoms with Crippen LogP contribution >= 0.6 is 11.8 Å². The second kappa shape index (κ2) is 9.49. The van der Waals surface area contributed by atoms with E-state index >= 15 is 0 Å². The monoisotopic (exact) mass is 413 g/mol. The molecule has 3 rings (SSSR count). The maximum atomic E-state index is 12.9. The summed E-state index contributed by atoms with van der Waals surface area (Å²) in [5.41, 5.74) is 1.50. The Morgan fingerprint density at radius 2 is 1.76 bits per heavy atom. The second-order valence-electron chi connectivity index (χ2n) is 6.05. The Hall–Kier alpha value is -2.97. The molecule has 1 atom stereocenters. The van der Waals surface area contributed by atoms with Crippen molar-refractivity contribution in [1.82, 2.24) is 9.78 Å². The van der Waals surface area contributed by atoms with Gasteiger partial charge in [-0.05, 0) is 36.1 Å². The molecular formula is C21H23N3O4S. The second-order valence-corrected chi connectivity index (χ2v) is 6.93. The number of benzene rings is 2. The molecule has 7 nitrogen and oxygen atoms in total. The molecule has 152 valence electrons. The Kier molecular flexibility index (Phi) is 6.79. The van der Waals surface area contributed by atoms with Crippen LogP contribution in [-0.4, -0.2) is 43.3 Å². The molecule has 0 saturated heterocycles. The molecule has 1 heterocycles. The van der Waals surface area contributed by atoms with Crippen LogP contribution in [0.4, 0.5) is 5.82 Å². The van der Waals surface area contributed by atoms with Gasteiger partial charge in [-0.2, -0.15) is 5.10 Å². The Bertz CT molecular complexity index is 972. The van der Waals surface area contributed by atoms with Crippen molar-refractivity contribution in [3.05, 3.63) is 60.3 Å². The standard InChI is InChI=1S/C21H23N3O4S/c1-26-17-10-7-15(13-18(17)27-2)24-19(11-12-22-24)23-21(25)20(28-3)14-5-8-16(29-4)9-6-14/h5-13,20H,1-4H3,(H,23,25). The predicted octanol–water partition coefficient (Wildman–Crippen LogP) is 3.94. The average molecular weight is 413 g/mol. The lowest BCUT2D eigenvalue weighted by Gasteiger charge is -2.17. The van der Waals surface area contributed by atoms with E-state index in [2.05, 4.69) is 10.4 Å². The molecule has 0 aliphatic heterocycles. The van der Waals surface area contributed by atoms with Gasteiger partial charge >= 0.3 is 0 Å². The van der Waals surface area contributed by atoms with Gasteiger partial charge in [0.15, 0.2) is 17.6 Å². The van der Waals surface area contributed by atoms with Crippen LogP contribution < -0.4 is 14.8 Å². The van der Waals surface area contributed by atoms with E-state index in [0.717, 1.165) is 16.1 Å². The van der Waals surface area contributed by atoms with Crippen LogP contribution in [0.25, 0.3) is 5.69 Å². The van der Waals surface area contributed by atoms with Crippen molar-refractivity contribution in [3.63, 3.8) is 0 Å². The summed E-state index contributed by atoms with van der Waals surface area (Å²) in [4.78, 5) is 14.0. The number of ether oxygens (including phenoxy) is 3. The highest BCUT2D eigenvalue weighted by molar-refractivity contribution is 7.98. The highest BCUT2D eigenvalue weighted by Gasteiger charge is 2.22. The first-order chi connectivity index (χ1) is 14.1. The molecule has 0 radical (unpaired) electrons. The number of rotatable bonds is 8. The molecule has 2 aromatic carbocycles. The fourth-order valence-corrected chi connectivity index (χ4v) is 3.33. The molecule has 0 aliphatic rings. The summed E-state index contributed by atoms with van der Waals surface area (Å²) in [5, 5.41) is 7.21. The number of anilines is 1. The first-order valence-electron chi connectivity index (χ1n) is 8.85. The van der Waals surface area contributed by atoms with E-state index in [4.69, 9.17) is 14.2 Å². The zero-order valence-corrected chi connectivity index (χ0v) is 17.5. The molecular weight excluding hydrogens is 390 g/mol. The molecule has 1 amide bonds. The van der Waals surface area contributed by atoms with Crippen molar-refractivity contribution in [2.75, 3.05) is 32.9 Å². The Balaban J connectivity index is 1.84. The molecule has 29 heavy (non-hydrogen) atoms. The molecule has 0 bridgehead atoms. The molecule has 1 unspecified atom stereocenters. The minimum atomic E-state index is -0.736. The van der Waals surface area contributed by atoms with Crippen LogP contribution in [0.5, 0.6) is 11.5 Å². The zero-order valence-electron chi connectivity index (χ0n) is 16.7. The smallest absolute Gasteiger partial charge is 0.259 e. The average Bonchev–Trinajstić information content (AvgIpc) is 3.22. The minimum absolute atomic E-state index is 0.286. The van der Waals surface area contributed by atoms with Gasteiger partial charge in [0.2, 0.25) is 0 Å². The number of aromatic nitrogens is 2. The fourth-order valence-electron chi connectivity index (χ4n) is 2.93. The van der Waals surface area contributed by atoms with Gasteiger partial charge in [0.05, 0.1) is 26.1 Å². The zero-order chi connectivity index (χ0) is 20.8. The Morgan fingerprint density at radius 3 is 2.38 bits per heavy atom. The van der Waals surface area contributed by atoms with Crippen molar-refractivity contribution in [3.8, 4) is 17.2 Å². The number of carbonyl (C=O) groups is 1. The summed E-state index contributed by atoms with van der Waals surface area (Å²) in [6, 6.07) is 14.8. The summed E-state index contributed by atoms with van der Waals surface area (Å²) in [6.07, 6.45) is 2.88. The van der Waals surface area contributed by atoms with Crippen LogP contribution in [-0.2, 0) is 9.53 Å². The molecule has 0 spiro atoms.